The van der Waals surface area contributed by atoms with E-state index in [-0.39, 0.29) is 6.10 Å². The zero-order valence-electron chi connectivity index (χ0n) is 10.3. The van der Waals surface area contributed by atoms with E-state index in [1.807, 2.05) is 0 Å². The molecule has 0 fully saturated rings. The molecule has 2 aliphatic rings. The van der Waals surface area contributed by atoms with E-state index in [9.17, 15) is 0 Å². The zero-order valence-corrected chi connectivity index (χ0v) is 10.3. The molecule has 1 heterocycles. The van der Waals surface area contributed by atoms with E-state index in [0.29, 0.717) is 5.92 Å². The Kier molecular flexibility index (Phi) is 1.96. The number of fused-ring (bicyclic) bond motifs is 5. The minimum Gasteiger partial charge on any atom is -0.485 e. The fraction of sp³-hybridized carbons (Fsp3) is 0.125. The lowest BCUT2D eigenvalue weighted by Crippen LogP contribution is -2.20. The number of hydrogen-bond donors (Lipinski definition) is 0. The molecule has 0 radical (unpaired) electrons. The van der Waals surface area contributed by atoms with E-state index in [4.69, 9.17) is 4.74 Å². The lowest BCUT2D eigenvalue weighted by Gasteiger charge is -2.22. The molecule has 4 rings (SSSR count). The molecule has 0 bridgehead atoms. The van der Waals surface area contributed by atoms with Crippen molar-refractivity contribution < 1.29 is 4.74 Å². The van der Waals surface area contributed by atoms with Gasteiger partial charge in [-0.05, 0) is 23.3 Å². The van der Waals surface area contributed by atoms with Crippen LogP contribution in [0.4, 0.5) is 0 Å². The van der Waals surface area contributed by atoms with Crippen LogP contribution < -0.4 is 10.2 Å². The second-order valence-corrected chi connectivity index (χ2v) is 5.09. The normalized spacial score (nSPS) is 22.9. The maximum Gasteiger partial charge on any atom is 0.139 e. The Hall–Kier alpha value is -1.96. The third-order valence-electron chi connectivity index (χ3n) is 3.89. The molecule has 0 aromatic heterocycles. The average molecular weight is 232 g/mol. The Balaban J connectivity index is 1.93. The van der Waals surface area contributed by atoms with Crippen LogP contribution in [0.5, 0.6) is 5.75 Å². The SMILES string of the molecule is Bc1ccc2c(c1)OC1C=Cc3ccccc3C21. The van der Waals surface area contributed by atoms with Crippen molar-refractivity contribution in [1.82, 2.24) is 0 Å². The van der Waals surface area contributed by atoms with Crippen LogP contribution in [-0.2, 0) is 0 Å². The number of hydrogen-bond acceptors (Lipinski definition) is 1. The molecule has 2 aromatic carbocycles. The van der Waals surface area contributed by atoms with Crippen molar-refractivity contribution in [2.45, 2.75) is 12.0 Å². The van der Waals surface area contributed by atoms with Crippen molar-refractivity contribution in [2.24, 2.45) is 0 Å². The second-order valence-electron chi connectivity index (χ2n) is 5.09. The Morgan fingerprint density at radius 3 is 2.83 bits per heavy atom. The van der Waals surface area contributed by atoms with Crippen molar-refractivity contribution in [1.29, 1.82) is 0 Å². The van der Waals surface area contributed by atoms with Gasteiger partial charge in [-0.25, -0.2) is 0 Å². The molecule has 2 heteroatoms. The first-order chi connectivity index (χ1) is 8.83. The monoisotopic (exact) mass is 232 g/mol. The van der Waals surface area contributed by atoms with Crippen molar-refractivity contribution in [3.8, 4) is 5.75 Å². The van der Waals surface area contributed by atoms with Crippen LogP contribution in [0.2, 0.25) is 0 Å². The summed E-state index contributed by atoms with van der Waals surface area (Å²) in [6.07, 6.45) is 4.52. The zero-order chi connectivity index (χ0) is 12.1. The van der Waals surface area contributed by atoms with Crippen molar-refractivity contribution in [3.63, 3.8) is 0 Å². The van der Waals surface area contributed by atoms with E-state index in [1.165, 1.54) is 22.2 Å². The Bertz CT molecular complexity index is 660. The average Bonchev–Trinajstić information content (AvgIpc) is 2.76. The predicted octanol–water partition coefficient (Wildman–Crippen LogP) is 1.86. The fourth-order valence-corrected chi connectivity index (χ4v) is 3.03. The smallest absolute Gasteiger partial charge is 0.139 e. The summed E-state index contributed by atoms with van der Waals surface area (Å²) in [7, 11) is 2.11. The van der Waals surface area contributed by atoms with E-state index >= 15 is 0 Å². The van der Waals surface area contributed by atoms with E-state index < -0.39 is 0 Å². The third-order valence-corrected chi connectivity index (χ3v) is 3.89. The van der Waals surface area contributed by atoms with Gasteiger partial charge in [-0.3, -0.25) is 0 Å². The van der Waals surface area contributed by atoms with Gasteiger partial charge >= 0.3 is 0 Å². The summed E-state index contributed by atoms with van der Waals surface area (Å²) < 4.78 is 6.06. The quantitative estimate of drug-likeness (QED) is 0.630. The van der Waals surface area contributed by atoms with E-state index in [1.54, 1.807) is 0 Å². The lowest BCUT2D eigenvalue weighted by atomic mass is 9.81. The van der Waals surface area contributed by atoms with Crippen molar-refractivity contribution in [2.75, 3.05) is 0 Å². The fourth-order valence-electron chi connectivity index (χ4n) is 3.03. The number of rotatable bonds is 0. The second kappa shape index (κ2) is 3.52. The molecule has 1 aliphatic carbocycles. The summed E-state index contributed by atoms with van der Waals surface area (Å²) in [6, 6.07) is 15.1. The molecule has 2 unspecified atom stereocenters. The number of benzene rings is 2. The molecule has 0 saturated heterocycles. The summed E-state index contributed by atoms with van der Waals surface area (Å²) in [4.78, 5) is 0. The van der Waals surface area contributed by atoms with Gasteiger partial charge in [0, 0.05) is 5.56 Å². The van der Waals surface area contributed by atoms with Gasteiger partial charge in [0.05, 0.1) is 5.92 Å². The molecule has 86 valence electrons. The highest BCUT2D eigenvalue weighted by Crippen LogP contribution is 2.45. The Labute approximate surface area is 108 Å². The molecule has 1 aliphatic heterocycles. The first kappa shape index (κ1) is 10.0. The van der Waals surface area contributed by atoms with Gasteiger partial charge in [-0.15, -0.1) is 0 Å². The summed E-state index contributed by atoms with van der Waals surface area (Å²) >= 11 is 0. The van der Waals surface area contributed by atoms with Gasteiger partial charge in [0.1, 0.15) is 19.7 Å². The predicted molar refractivity (Wildman–Crippen MR) is 76.4 cm³/mol. The first-order valence-corrected chi connectivity index (χ1v) is 6.37. The molecule has 1 nitrogen and oxygen atoms in total. The Morgan fingerprint density at radius 2 is 1.89 bits per heavy atom. The summed E-state index contributed by atoms with van der Waals surface area (Å²) in [6.45, 7) is 0. The first-order valence-electron chi connectivity index (χ1n) is 6.37. The van der Waals surface area contributed by atoms with E-state index in [2.05, 4.69) is 62.5 Å². The van der Waals surface area contributed by atoms with Crippen LogP contribution in [0.3, 0.4) is 0 Å². The van der Waals surface area contributed by atoms with Crippen molar-refractivity contribution >= 4 is 19.4 Å². The van der Waals surface area contributed by atoms with Crippen LogP contribution in [0.25, 0.3) is 6.08 Å². The van der Waals surface area contributed by atoms with Crippen LogP contribution >= 0.6 is 0 Å². The molecule has 2 atom stereocenters. The minimum atomic E-state index is 0.164. The molecule has 2 aromatic rings. The Morgan fingerprint density at radius 1 is 1.00 bits per heavy atom. The molecule has 18 heavy (non-hydrogen) atoms. The van der Waals surface area contributed by atoms with Gasteiger partial charge in [0.25, 0.3) is 0 Å². The van der Waals surface area contributed by atoms with E-state index in [0.717, 1.165) is 5.75 Å². The molecular weight excluding hydrogens is 219 g/mol. The molecule has 0 spiro atoms. The maximum absolute atomic E-state index is 6.06. The highest BCUT2D eigenvalue weighted by Gasteiger charge is 2.36. The highest BCUT2D eigenvalue weighted by molar-refractivity contribution is 6.32. The summed E-state index contributed by atoms with van der Waals surface area (Å²) in [5.41, 5.74) is 5.27. The minimum absolute atomic E-state index is 0.164. The molecule has 0 N–H and O–H groups in total. The van der Waals surface area contributed by atoms with Crippen LogP contribution in [0, 0.1) is 0 Å². The topological polar surface area (TPSA) is 9.23 Å². The van der Waals surface area contributed by atoms with Crippen molar-refractivity contribution in [3.05, 3.63) is 65.2 Å². The largest absolute Gasteiger partial charge is 0.485 e. The third kappa shape index (κ3) is 1.29. The summed E-state index contributed by atoms with van der Waals surface area (Å²) in [5, 5.41) is 0. The van der Waals surface area contributed by atoms with Crippen LogP contribution in [0.15, 0.2) is 48.5 Å². The highest BCUT2D eigenvalue weighted by atomic mass is 16.5. The standard InChI is InChI=1S/C16H13BO/c17-11-6-7-13-15(9-11)18-14-8-5-10-3-1-2-4-12(10)16(13)14/h1-9,14,16H,17H2. The van der Waals surface area contributed by atoms with Gasteiger partial charge in [-0.1, -0.05) is 47.9 Å². The lowest BCUT2D eigenvalue weighted by molar-refractivity contribution is 0.267. The van der Waals surface area contributed by atoms with Gasteiger partial charge in [-0.2, -0.15) is 0 Å². The summed E-state index contributed by atoms with van der Waals surface area (Å²) in [5.74, 6) is 1.41. The van der Waals surface area contributed by atoms with Gasteiger partial charge in [0.15, 0.2) is 0 Å². The molecular formula is C16H13BO. The number of ether oxygens (including phenoxy) is 1. The molecule has 0 saturated carbocycles. The van der Waals surface area contributed by atoms with Crippen LogP contribution in [0.1, 0.15) is 22.6 Å². The molecule has 0 amide bonds. The van der Waals surface area contributed by atoms with Crippen LogP contribution in [-0.4, -0.2) is 14.0 Å². The van der Waals surface area contributed by atoms with Gasteiger partial charge < -0.3 is 4.74 Å². The van der Waals surface area contributed by atoms with Gasteiger partial charge in [0.2, 0.25) is 0 Å². The maximum atomic E-state index is 6.06.